The molecule has 1 atom stereocenters. The van der Waals surface area contributed by atoms with E-state index < -0.39 is 10.0 Å². The number of nitrogens with zero attached hydrogens (tertiary/aromatic N) is 3. The van der Waals surface area contributed by atoms with E-state index in [1.54, 1.807) is 4.31 Å². The summed E-state index contributed by atoms with van der Waals surface area (Å²) in [5, 5.41) is 11.8. The van der Waals surface area contributed by atoms with Crippen LogP contribution in [-0.2, 0) is 10.0 Å². The summed E-state index contributed by atoms with van der Waals surface area (Å²) in [7, 11) is -1.67. The van der Waals surface area contributed by atoms with E-state index in [1.807, 2.05) is 13.1 Å². The van der Waals surface area contributed by atoms with Crippen LogP contribution in [0.3, 0.4) is 0 Å². The average molecular weight is 308 g/mol. The molecule has 6 nitrogen and oxygen atoms in total. The zero-order chi connectivity index (χ0) is 15.3. The Morgan fingerprint density at radius 2 is 2.29 bits per heavy atom. The van der Waals surface area contributed by atoms with Gasteiger partial charge in [0, 0.05) is 18.8 Å². The Labute approximate surface area is 125 Å². The van der Waals surface area contributed by atoms with Gasteiger partial charge in [0.25, 0.3) is 0 Å². The Kier molecular flexibility index (Phi) is 5.28. The molecule has 1 aromatic heterocycles. The highest BCUT2D eigenvalue weighted by Crippen LogP contribution is 2.26. The summed E-state index contributed by atoms with van der Waals surface area (Å²) >= 11 is 0. The van der Waals surface area contributed by atoms with Gasteiger partial charge in [-0.15, -0.1) is 0 Å². The van der Waals surface area contributed by atoms with Crippen LogP contribution in [0, 0.1) is 11.3 Å². The molecule has 1 unspecified atom stereocenters. The largest absolute Gasteiger partial charge is 0.320 e. The van der Waals surface area contributed by atoms with Crippen molar-refractivity contribution in [2.24, 2.45) is 0 Å². The lowest BCUT2D eigenvalue weighted by Crippen LogP contribution is -2.44. The normalized spacial score (nSPS) is 20.1. The monoisotopic (exact) mass is 308 g/mol. The van der Waals surface area contributed by atoms with E-state index in [1.165, 1.54) is 18.3 Å². The smallest absolute Gasteiger partial charge is 0.244 e. The van der Waals surface area contributed by atoms with E-state index >= 15 is 0 Å². The lowest BCUT2D eigenvalue weighted by molar-refractivity contribution is 0.240. The SMILES string of the molecule is CNCCC1CCCCN1S(=O)(=O)c1ccc(C#N)nc1. The molecule has 0 radical (unpaired) electrons. The molecule has 1 saturated heterocycles. The fraction of sp³-hybridized carbons (Fsp3) is 0.571. The highest BCUT2D eigenvalue weighted by molar-refractivity contribution is 7.89. The minimum atomic E-state index is -3.53. The summed E-state index contributed by atoms with van der Waals surface area (Å²) in [6, 6.07) is 4.83. The molecule has 1 aliphatic rings. The Morgan fingerprint density at radius 3 is 2.90 bits per heavy atom. The van der Waals surface area contributed by atoms with Crippen LogP contribution in [0.25, 0.3) is 0 Å². The van der Waals surface area contributed by atoms with Gasteiger partial charge in [0.2, 0.25) is 10.0 Å². The minimum absolute atomic E-state index is 0.0341. The molecule has 114 valence electrons. The lowest BCUT2D eigenvalue weighted by Gasteiger charge is -2.34. The molecule has 1 fully saturated rings. The minimum Gasteiger partial charge on any atom is -0.320 e. The molecule has 0 amide bonds. The van der Waals surface area contributed by atoms with Gasteiger partial charge in [0.1, 0.15) is 16.7 Å². The Balaban J connectivity index is 2.24. The van der Waals surface area contributed by atoms with Crippen molar-refractivity contribution in [3.8, 4) is 6.07 Å². The zero-order valence-electron chi connectivity index (χ0n) is 12.1. The topological polar surface area (TPSA) is 86.1 Å². The summed E-state index contributed by atoms with van der Waals surface area (Å²) in [4.78, 5) is 4.03. The molecule has 7 heteroatoms. The van der Waals surface area contributed by atoms with Gasteiger partial charge >= 0.3 is 0 Å². The molecule has 1 aliphatic heterocycles. The first kappa shape index (κ1) is 15.9. The average Bonchev–Trinajstić information content (AvgIpc) is 2.53. The van der Waals surface area contributed by atoms with Crippen LogP contribution in [0.5, 0.6) is 0 Å². The first-order chi connectivity index (χ1) is 10.1. The van der Waals surface area contributed by atoms with E-state index in [0.29, 0.717) is 6.54 Å². The van der Waals surface area contributed by atoms with Crippen molar-refractivity contribution >= 4 is 10.0 Å². The van der Waals surface area contributed by atoms with Gasteiger partial charge in [-0.1, -0.05) is 6.42 Å². The summed E-state index contributed by atoms with van der Waals surface area (Å²) < 4.78 is 27.1. The number of hydrogen-bond donors (Lipinski definition) is 1. The predicted octanol–water partition coefficient (Wildman–Crippen LogP) is 1.11. The molecule has 0 saturated carbocycles. The van der Waals surface area contributed by atoms with Crippen molar-refractivity contribution in [1.82, 2.24) is 14.6 Å². The number of hydrogen-bond acceptors (Lipinski definition) is 5. The number of pyridine rings is 1. The van der Waals surface area contributed by atoms with Crippen molar-refractivity contribution in [2.45, 2.75) is 36.6 Å². The van der Waals surface area contributed by atoms with E-state index in [-0.39, 0.29) is 16.6 Å². The van der Waals surface area contributed by atoms with Gasteiger partial charge in [0.05, 0.1) is 0 Å². The maximum absolute atomic E-state index is 12.7. The first-order valence-electron chi connectivity index (χ1n) is 7.12. The second-order valence-electron chi connectivity index (χ2n) is 5.15. The third kappa shape index (κ3) is 3.59. The number of nitrogens with one attached hydrogen (secondary N) is 1. The van der Waals surface area contributed by atoms with Gasteiger partial charge in [-0.3, -0.25) is 0 Å². The van der Waals surface area contributed by atoms with E-state index in [9.17, 15) is 8.42 Å². The fourth-order valence-electron chi connectivity index (χ4n) is 2.62. The predicted molar refractivity (Wildman–Crippen MR) is 79.0 cm³/mol. The van der Waals surface area contributed by atoms with Gasteiger partial charge < -0.3 is 5.32 Å². The molecule has 0 bridgehead atoms. The highest BCUT2D eigenvalue weighted by atomic mass is 32.2. The number of sulfonamides is 1. The van der Waals surface area contributed by atoms with E-state index in [2.05, 4.69) is 10.3 Å². The summed E-state index contributed by atoms with van der Waals surface area (Å²) in [6.45, 7) is 1.35. The molecular weight excluding hydrogens is 288 g/mol. The van der Waals surface area contributed by atoms with Gasteiger partial charge in [0.15, 0.2) is 0 Å². The van der Waals surface area contributed by atoms with Crippen LogP contribution in [0.15, 0.2) is 23.2 Å². The molecule has 2 rings (SSSR count). The van der Waals surface area contributed by atoms with Crippen LogP contribution in [-0.4, -0.2) is 43.9 Å². The first-order valence-corrected chi connectivity index (χ1v) is 8.56. The molecule has 0 aliphatic carbocycles. The maximum Gasteiger partial charge on any atom is 0.244 e. The van der Waals surface area contributed by atoms with Crippen LogP contribution >= 0.6 is 0 Å². The van der Waals surface area contributed by atoms with Gasteiger partial charge in [-0.2, -0.15) is 9.57 Å². The molecule has 0 spiro atoms. The highest BCUT2D eigenvalue weighted by Gasteiger charge is 2.33. The number of rotatable bonds is 5. The van der Waals surface area contributed by atoms with Crippen LogP contribution in [0.1, 0.15) is 31.4 Å². The quantitative estimate of drug-likeness (QED) is 0.880. The van der Waals surface area contributed by atoms with Gasteiger partial charge in [-0.25, -0.2) is 13.4 Å². The van der Waals surface area contributed by atoms with Crippen molar-refractivity contribution < 1.29 is 8.42 Å². The Hall–Kier alpha value is -1.49. The van der Waals surface area contributed by atoms with Crippen molar-refractivity contribution in [2.75, 3.05) is 20.1 Å². The second kappa shape index (κ2) is 6.98. The molecule has 1 aromatic rings. The number of nitriles is 1. The molecule has 1 N–H and O–H groups in total. The lowest BCUT2D eigenvalue weighted by atomic mass is 10.0. The van der Waals surface area contributed by atoms with Crippen LogP contribution < -0.4 is 5.32 Å². The Bertz CT molecular complexity index is 607. The van der Waals surface area contributed by atoms with E-state index in [4.69, 9.17) is 5.26 Å². The van der Waals surface area contributed by atoms with E-state index in [0.717, 1.165) is 32.2 Å². The summed E-state index contributed by atoms with van der Waals surface area (Å²) in [5.41, 5.74) is 0.222. The maximum atomic E-state index is 12.7. The summed E-state index contributed by atoms with van der Waals surface area (Å²) in [5.74, 6) is 0. The third-order valence-corrected chi connectivity index (χ3v) is 5.69. The van der Waals surface area contributed by atoms with Crippen LogP contribution in [0.4, 0.5) is 0 Å². The standard InChI is InChI=1S/C14H20N4O2S/c1-16-8-7-13-4-2-3-9-18(13)21(19,20)14-6-5-12(10-15)17-11-14/h5-6,11,13,16H,2-4,7-9H2,1H3. The number of piperidine rings is 1. The number of aromatic nitrogens is 1. The van der Waals surface area contributed by atoms with Crippen molar-refractivity contribution in [3.63, 3.8) is 0 Å². The third-order valence-electron chi connectivity index (χ3n) is 3.76. The molecule has 2 heterocycles. The van der Waals surface area contributed by atoms with Crippen molar-refractivity contribution in [1.29, 1.82) is 5.26 Å². The van der Waals surface area contributed by atoms with Crippen molar-refractivity contribution in [3.05, 3.63) is 24.0 Å². The second-order valence-corrected chi connectivity index (χ2v) is 7.04. The molecule has 21 heavy (non-hydrogen) atoms. The van der Waals surface area contributed by atoms with Crippen LogP contribution in [0.2, 0.25) is 0 Å². The zero-order valence-corrected chi connectivity index (χ0v) is 12.9. The summed E-state index contributed by atoms with van der Waals surface area (Å²) in [6.07, 6.45) is 4.92. The molecule has 0 aromatic carbocycles. The van der Waals surface area contributed by atoms with Gasteiger partial charge in [-0.05, 0) is 45.0 Å². The molecular formula is C14H20N4O2S. The Morgan fingerprint density at radius 1 is 1.48 bits per heavy atom. The fourth-order valence-corrected chi connectivity index (χ4v) is 4.29.